The number of nitrogens with one attached hydrogen (secondary N) is 1. The lowest BCUT2D eigenvalue weighted by atomic mass is 9.89. The van der Waals surface area contributed by atoms with Crippen LogP contribution in [0.25, 0.3) is 0 Å². The number of nitrogens with zero attached hydrogens (tertiary/aromatic N) is 1. The molecule has 1 aliphatic rings. The van der Waals surface area contributed by atoms with Gasteiger partial charge in [0.2, 0.25) is 0 Å². The summed E-state index contributed by atoms with van der Waals surface area (Å²) in [5, 5.41) is 20.7. The lowest BCUT2D eigenvalue weighted by molar-refractivity contribution is -0.272. The van der Waals surface area contributed by atoms with Gasteiger partial charge in [-0.25, -0.2) is 0 Å². The van der Waals surface area contributed by atoms with Crippen LogP contribution in [0, 0.1) is 5.92 Å². The predicted octanol–water partition coefficient (Wildman–Crippen LogP) is 1.79. The van der Waals surface area contributed by atoms with E-state index in [4.69, 9.17) is 9.84 Å². The SMILES string of the molecule is C[C@@H]1C[C@H](C(=O)Nc2ccc([C@@H](O)CO)nc2)O[C@]1(C)C(F)(F)F. The van der Waals surface area contributed by atoms with Gasteiger partial charge in [0.15, 0.2) is 5.60 Å². The molecule has 0 bridgehead atoms. The van der Waals surface area contributed by atoms with Gasteiger partial charge in [-0.15, -0.1) is 0 Å². The summed E-state index contributed by atoms with van der Waals surface area (Å²) >= 11 is 0. The van der Waals surface area contributed by atoms with E-state index in [1.54, 1.807) is 0 Å². The zero-order chi connectivity index (χ0) is 18.1. The standard InChI is InChI=1S/C15H19F3N2O4/c1-8-5-12(24-14(8,2)15(16,17)18)13(23)20-9-3-4-10(19-6-9)11(22)7-21/h3-4,6,8,11-12,21-22H,5,7H2,1-2H3,(H,20,23)/t8-,11+,12-,14+/m1/s1. The third-order valence-electron chi connectivity index (χ3n) is 4.32. The van der Waals surface area contributed by atoms with E-state index >= 15 is 0 Å². The van der Waals surface area contributed by atoms with E-state index in [0.29, 0.717) is 0 Å². The summed E-state index contributed by atoms with van der Waals surface area (Å²) in [6, 6.07) is 2.83. The van der Waals surface area contributed by atoms with E-state index in [9.17, 15) is 23.1 Å². The fourth-order valence-electron chi connectivity index (χ4n) is 2.51. The van der Waals surface area contributed by atoms with Gasteiger partial charge in [-0.3, -0.25) is 9.78 Å². The van der Waals surface area contributed by atoms with Crippen LogP contribution in [0.3, 0.4) is 0 Å². The second-order valence-electron chi connectivity index (χ2n) is 6.01. The van der Waals surface area contributed by atoms with Crippen molar-refractivity contribution in [1.82, 2.24) is 4.98 Å². The first-order valence-electron chi connectivity index (χ1n) is 7.38. The first-order valence-corrected chi connectivity index (χ1v) is 7.38. The van der Waals surface area contributed by atoms with Gasteiger partial charge in [0.1, 0.15) is 12.2 Å². The molecule has 9 heteroatoms. The first kappa shape index (κ1) is 18.6. The number of hydrogen-bond acceptors (Lipinski definition) is 5. The number of rotatable bonds is 4. The number of aliphatic hydroxyl groups excluding tert-OH is 2. The topological polar surface area (TPSA) is 91.7 Å². The molecule has 4 atom stereocenters. The molecule has 0 unspecified atom stereocenters. The molecule has 1 aliphatic heterocycles. The van der Waals surface area contributed by atoms with Gasteiger partial charge in [-0.05, 0) is 31.4 Å². The van der Waals surface area contributed by atoms with Crippen LogP contribution in [0.1, 0.15) is 32.1 Å². The summed E-state index contributed by atoms with van der Waals surface area (Å²) in [5.41, 5.74) is -1.89. The molecule has 0 saturated carbocycles. The molecule has 0 aliphatic carbocycles. The molecule has 1 aromatic heterocycles. The van der Waals surface area contributed by atoms with E-state index in [1.165, 1.54) is 25.3 Å². The smallest absolute Gasteiger partial charge is 0.393 e. The molecule has 1 saturated heterocycles. The van der Waals surface area contributed by atoms with Crippen molar-refractivity contribution in [1.29, 1.82) is 0 Å². The number of hydrogen-bond donors (Lipinski definition) is 3. The summed E-state index contributed by atoms with van der Waals surface area (Å²) in [5.74, 6) is -1.54. The summed E-state index contributed by atoms with van der Waals surface area (Å²) < 4.78 is 44.3. The van der Waals surface area contributed by atoms with Crippen LogP contribution in [0.5, 0.6) is 0 Å². The normalized spacial score (nSPS) is 28.6. The minimum absolute atomic E-state index is 0.0451. The molecule has 1 fully saturated rings. The molecule has 2 rings (SSSR count). The number of halogens is 3. The molecule has 1 aromatic rings. The van der Waals surface area contributed by atoms with Crippen LogP contribution in [0.15, 0.2) is 18.3 Å². The third-order valence-corrected chi connectivity index (χ3v) is 4.32. The highest BCUT2D eigenvalue weighted by molar-refractivity contribution is 5.94. The van der Waals surface area contributed by atoms with Gasteiger partial charge in [-0.1, -0.05) is 6.92 Å². The average Bonchev–Trinajstić information content (AvgIpc) is 2.84. The van der Waals surface area contributed by atoms with Crippen molar-refractivity contribution >= 4 is 11.6 Å². The number of ether oxygens (including phenoxy) is 1. The summed E-state index contributed by atoms with van der Waals surface area (Å²) in [4.78, 5) is 16.0. The summed E-state index contributed by atoms with van der Waals surface area (Å²) in [7, 11) is 0. The maximum Gasteiger partial charge on any atom is 0.417 e. The zero-order valence-corrected chi connectivity index (χ0v) is 13.2. The highest BCUT2D eigenvalue weighted by Crippen LogP contribution is 2.46. The minimum atomic E-state index is -4.56. The predicted molar refractivity (Wildman–Crippen MR) is 78.0 cm³/mol. The Balaban J connectivity index is 2.03. The molecule has 3 N–H and O–H groups in total. The zero-order valence-electron chi connectivity index (χ0n) is 13.2. The van der Waals surface area contributed by atoms with Crippen molar-refractivity contribution in [2.75, 3.05) is 11.9 Å². The number of aliphatic hydroxyl groups is 2. The van der Waals surface area contributed by atoms with E-state index in [-0.39, 0.29) is 17.8 Å². The Hall–Kier alpha value is -1.71. The average molecular weight is 348 g/mol. The largest absolute Gasteiger partial charge is 0.417 e. The van der Waals surface area contributed by atoms with Crippen molar-refractivity contribution < 1.29 is 32.9 Å². The molecular formula is C15H19F3N2O4. The second kappa shape index (κ2) is 6.66. The minimum Gasteiger partial charge on any atom is -0.393 e. The Kier molecular flexibility index (Phi) is 5.17. The van der Waals surface area contributed by atoms with E-state index in [0.717, 1.165) is 6.92 Å². The van der Waals surface area contributed by atoms with Gasteiger partial charge >= 0.3 is 6.18 Å². The van der Waals surface area contributed by atoms with Crippen molar-refractivity contribution in [3.8, 4) is 0 Å². The highest BCUT2D eigenvalue weighted by atomic mass is 19.4. The first-order chi connectivity index (χ1) is 11.1. The molecule has 2 heterocycles. The van der Waals surface area contributed by atoms with Crippen molar-refractivity contribution in [2.24, 2.45) is 5.92 Å². The van der Waals surface area contributed by atoms with Crippen molar-refractivity contribution in [3.05, 3.63) is 24.0 Å². The van der Waals surface area contributed by atoms with Crippen LogP contribution in [-0.4, -0.2) is 45.6 Å². The molecule has 0 radical (unpaired) electrons. The number of carbonyl (C=O) groups is 1. The summed E-state index contributed by atoms with van der Waals surface area (Å²) in [6.07, 6.45) is -5.72. The lowest BCUT2D eigenvalue weighted by Crippen LogP contribution is -2.47. The highest BCUT2D eigenvalue weighted by Gasteiger charge is 2.61. The number of aromatic nitrogens is 1. The maximum atomic E-state index is 13.1. The van der Waals surface area contributed by atoms with Gasteiger partial charge in [0, 0.05) is 0 Å². The Morgan fingerprint density at radius 1 is 1.54 bits per heavy atom. The van der Waals surface area contributed by atoms with Gasteiger partial charge < -0.3 is 20.3 Å². The Morgan fingerprint density at radius 2 is 2.21 bits per heavy atom. The maximum absolute atomic E-state index is 13.1. The molecule has 0 aromatic carbocycles. The quantitative estimate of drug-likeness (QED) is 0.772. The van der Waals surface area contributed by atoms with Crippen molar-refractivity contribution in [3.63, 3.8) is 0 Å². The van der Waals surface area contributed by atoms with Crippen LogP contribution >= 0.6 is 0 Å². The number of pyridine rings is 1. The lowest BCUT2D eigenvalue weighted by Gasteiger charge is -2.30. The number of carbonyl (C=O) groups excluding carboxylic acids is 1. The molecule has 24 heavy (non-hydrogen) atoms. The monoisotopic (exact) mass is 348 g/mol. The van der Waals surface area contributed by atoms with Crippen molar-refractivity contribution in [2.45, 2.75) is 44.3 Å². The van der Waals surface area contributed by atoms with Gasteiger partial charge in [-0.2, -0.15) is 13.2 Å². The Morgan fingerprint density at radius 3 is 2.67 bits per heavy atom. The van der Waals surface area contributed by atoms with Gasteiger partial charge in [0.25, 0.3) is 5.91 Å². The number of anilines is 1. The van der Waals surface area contributed by atoms with Crippen LogP contribution in [-0.2, 0) is 9.53 Å². The Bertz CT molecular complexity index is 593. The molecule has 6 nitrogen and oxygen atoms in total. The summed E-state index contributed by atoms with van der Waals surface area (Å²) in [6.45, 7) is 1.84. The fraction of sp³-hybridized carbons (Fsp3) is 0.600. The van der Waals surface area contributed by atoms with Gasteiger partial charge in [0.05, 0.1) is 24.2 Å². The second-order valence-corrected chi connectivity index (χ2v) is 6.01. The van der Waals surface area contributed by atoms with Crippen LogP contribution in [0.2, 0.25) is 0 Å². The van der Waals surface area contributed by atoms with Crippen LogP contribution < -0.4 is 5.32 Å². The molecule has 0 spiro atoms. The number of alkyl halides is 3. The van der Waals surface area contributed by atoms with Crippen LogP contribution in [0.4, 0.5) is 18.9 Å². The Labute approximate surface area is 136 Å². The van der Waals surface area contributed by atoms with E-state index in [1.807, 2.05) is 0 Å². The molecular weight excluding hydrogens is 329 g/mol. The van der Waals surface area contributed by atoms with E-state index < -0.39 is 42.4 Å². The fourth-order valence-corrected chi connectivity index (χ4v) is 2.51. The number of amides is 1. The molecule has 1 amide bonds. The molecule has 134 valence electrons. The van der Waals surface area contributed by atoms with E-state index in [2.05, 4.69) is 10.3 Å². The third kappa shape index (κ3) is 3.52.